The van der Waals surface area contributed by atoms with Crippen LogP contribution >= 0.6 is 12.4 Å². The maximum Gasteiger partial charge on any atom is 0.416 e. The quantitative estimate of drug-likeness (QED) is 0.769. The molecule has 2 rings (SSSR count). The van der Waals surface area contributed by atoms with E-state index in [0.29, 0.717) is 31.3 Å². The zero-order valence-corrected chi connectivity index (χ0v) is 11.4. The van der Waals surface area contributed by atoms with Gasteiger partial charge in [0.1, 0.15) is 0 Å². The standard InChI is InChI=1S/C12H12F6N2.ClH/c13-11(14,15)7-1-2-9(12(16,17)18)8(5-7)10-6-19-3-4-20-10;/h1-2,5,10,19-20H,3-4,6H2;1H/t10-;/m1./s1. The van der Waals surface area contributed by atoms with Gasteiger partial charge in [0.2, 0.25) is 0 Å². The average molecular weight is 335 g/mol. The van der Waals surface area contributed by atoms with Crippen LogP contribution in [0.25, 0.3) is 0 Å². The zero-order valence-electron chi connectivity index (χ0n) is 10.6. The summed E-state index contributed by atoms with van der Waals surface area (Å²) in [6, 6.07) is 0.743. The number of piperazine rings is 1. The summed E-state index contributed by atoms with van der Waals surface area (Å²) < 4.78 is 76.6. The van der Waals surface area contributed by atoms with Gasteiger partial charge in [-0.25, -0.2) is 0 Å². The van der Waals surface area contributed by atoms with Crippen LogP contribution < -0.4 is 10.6 Å². The van der Waals surface area contributed by atoms with Crippen LogP contribution in [0, 0.1) is 0 Å². The smallest absolute Gasteiger partial charge is 0.314 e. The average Bonchev–Trinajstić information content (AvgIpc) is 2.37. The van der Waals surface area contributed by atoms with Crippen molar-refractivity contribution in [3.8, 4) is 0 Å². The Labute approximate surface area is 123 Å². The maximum absolute atomic E-state index is 12.9. The molecule has 1 aliphatic rings. The molecule has 1 fully saturated rings. The topological polar surface area (TPSA) is 24.1 Å². The van der Waals surface area contributed by atoms with Crippen molar-refractivity contribution in [2.75, 3.05) is 19.6 Å². The monoisotopic (exact) mass is 334 g/mol. The lowest BCUT2D eigenvalue weighted by molar-refractivity contribution is -0.142. The highest BCUT2D eigenvalue weighted by Crippen LogP contribution is 2.38. The Kier molecular flexibility index (Phi) is 5.51. The predicted molar refractivity (Wildman–Crippen MR) is 67.3 cm³/mol. The van der Waals surface area contributed by atoms with E-state index in [2.05, 4.69) is 10.6 Å². The molecule has 21 heavy (non-hydrogen) atoms. The number of halogens is 7. The van der Waals surface area contributed by atoms with Crippen molar-refractivity contribution in [3.05, 3.63) is 34.9 Å². The summed E-state index contributed by atoms with van der Waals surface area (Å²) in [5.41, 5.74) is -2.49. The summed E-state index contributed by atoms with van der Waals surface area (Å²) in [7, 11) is 0. The van der Waals surface area contributed by atoms with Gasteiger partial charge in [0.25, 0.3) is 0 Å². The van der Waals surface area contributed by atoms with Gasteiger partial charge in [-0.1, -0.05) is 0 Å². The lowest BCUT2D eigenvalue weighted by atomic mass is 9.96. The van der Waals surface area contributed by atoms with Crippen LogP contribution in [0.4, 0.5) is 26.3 Å². The molecule has 1 aromatic carbocycles. The molecule has 0 aliphatic carbocycles. The van der Waals surface area contributed by atoms with E-state index in [1.807, 2.05) is 0 Å². The van der Waals surface area contributed by atoms with Gasteiger partial charge in [0, 0.05) is 25.7 Å². The van der Waals surface area contributed by atoms with Crippen molar-refractivity contribution >= 4 is 12.4 Å². The van der Waals surface area contributed by atoms with Crippen molar-refractivity contribution in [3.63, 3.8) is 0 Å². The van der Waals surface area contributed by atoms with E-state index in [-0.39, 0.29) is 24.5 Å². The Hall–Kier alpha value is -0.990. The van der Waals surface area contributed by atoms with Crippen LogP contribution in [0.2, 0.25) is 0 Å². The second kappa shape index (κ2) is 6.41. The molecule has 0 amide bonds. The molecule has 0 aromatic heterocycles. The van der Waals surface area contributed by atoms with E-state index >= 15 is 0 Å². The maximum atomic E-state index is 12.9. The SMILES string of the molecule is Cl.FC(F)(F)c1ccc(C(F)(F)F)c([C@H]2CNCCN2)c1. The van der Waals surface area contributed by atoms with Gasteiger partial charge < -0.3 is 10.6 Å². The summed E-state index contributed by atoms with van der Waals surface area (Å²) in [6.45, 7) is 1.12. The van der Waals surface area contributed by atoms with Gasteiger partial charge in [-0.2, -0.15) is 26.3 Å². The third-order valence-electron chi connectivity index (χ3n) is 3.10. The Balaban J connectivity index is 0.00000220. The molecule has 1 aromatic rings. The third-order valence-corrected chi connectivity index (χ3v) is 3.10. The molecule has 0 radical (unpaired) electrons. The zero-order chi connectivity index (χ0) is 15.0. The van der Waals surface area contributed by atoms with E-state index in [4.69, 9.17) is 0 Å². The summed E-state index contributed by atoms with van der Waals surface area (Å²) >= 11 is 0. The minimum absolute atomic E-state index is 0. The Bertz CT molecular complexity index is 480. The van der Waals surface area contributed by atoms with Crippen LogP contribution in [-0.4, -0.2) is 19.6 Å². The van der Waals surface area contributed by atoms with Crippen LogP contribution in [0.15, 0.2) is 18.2 Å². The fraction of sp³-hybridized carbons (Fsp3) is 0.500. The minimum Gasteiger partial charge on any atom is -0.314 e. The highest BCUT2D eigenvalue weighted by atomic mass is 35.5. The molecule has 0 spiro atoms. The molecule has 0 bridgehead atoms. The molecular formula is C12H13ClF6N2. The molecule has 1 heterocycles. The Morgan fingerprint density at radius 3 is 2.10 bits per heavy atom. The van der Waals surface area contributed by atoms with Crippen LogP contribution in [0.1, 0.15) is 22.7 Å². The van der Waals surface area contributed by atoms with E-state index in [0.717, 1.165) is 0 Å². The molecule has 9 heteroatoms. The van der Waals surface area contributed by atoms with E-state index in [9.17, 15) is 26.3 Å². The summed E-state index contributed by atoms with van der Waals surface area (Å²) in [5.74, 6) is 0. The second-order valence-corrected chi connectivity index (χ2v) is 4.51. The molecule has 1 saturated heterocycles. The van der Waals surface area contributed by atoms with Gasteiger partial charge in [0.15, 0.2) is 0 Å². The van der Waals surface area contributed by atoms with Crippen molar-refractivity contribution in [1.29, 1.82) is 0 Å². The molecular weight excluding hydrogens is 322 g/mol. The molecule has 0 saturated carbocycles. The third kappa shape index (κ3) is 4.24. The van der Waals surface area contributed by atoms with E-state index in [1.165, 1.54) is 0 Å². The van der Waals surface area contributed by atoms with Crippen LogP contribution in [-0.2, 0) is 12.4 Å². The minimum atomic E-state index is -4.68. The molecule has 120 valence electrons. The summed E-state index contributed by atoms with van der Waals surface area (Å²) in [4.78, 5) is 0. The lowest BCUT2D eigenvalue weighted by Gasteiger charge is -2.28. The highest BCUT2D eigenvalue weighted by Gasteiger charge is 2.38. The number of alkyl halides is 6. The van der Waals surface area contributed by atoms with Gasteiger partial charge in [0.05, 0.1) is 11.1 Å². The van der Waals surface area contributed by atoms with Crippen molar-refractivity contribution in [1.82, 2.24) is 10.6 Å². The summed E-state index contributed by atoms with van der Waals surface area (Å²) in [5, 5.41) is 5.66. The number of rotatable bonds is 1. The lowest BCUT2D eigenvalue weighted by Crippen LogP contribution is -2.43. The number of hydrogen-bond donors (Lipinski definition) is 2. The fourth-order valence-electron chi connectivity index (χ4n) is 2.16. The van der Waals surface area contributed by atoms with Gasteiger partial charge in [-0.05, 0) is 23.8 Å². The van der Waals surface area contributed by atoms with Crippen molar-refractivity contribution in [2.24, 2.45) is 0 Å². The van der Waals surface area contributed by atoms with Gasteiger partial charge in [-0.15, -0.1) is 12.4 Å². The first-order valence-electron chi connectivity index (χ1n) is 5.92. The summed E-state index contributed by atoms with van der Waals surface area (Å²) in [6.07, 6.45) is -9.35. The molecule has 1 atom stereocenters. The van der Waals surface area contributed by atoms with Crippen LogP contribution in [0.5, 0.6) is 0 Å². The second-order valence-electron chi connectivity index (χ2n) is 4.51. The number of nitrogens with one attached hydrogen (secondary N) is 2. The van der Waals surface area contributed by atoms with Gasteiger partial charge >= 0.3 is 12.4 Å². The first-order chi connectivity index (χ1) is 9.19. The van der Waals surface area contributed by atoms with E-state index in [1.54, 1.807) is 0 Å². The first kappa shape index (κ1) is 18.1. The normalized spacial score (nSPS) is 20.0. The fourth-order valence-corrected chi connectivity index (χ4v) is 2.16. The van der Waals surface area contributed by atoms with Crippen molar-refractivity contribution < 1.29 is 26.3 Å². The molecule has 0 unspecified atom stereocenters. The van der Waals surface area contributed by atoms with E-state index < -0.39 is 29.5 Å². The number of benzene rings is 1. The Morgan fingerprint density at radius 2 is 1.62 bits per heavy atom. The van der Waals surface area contributed by atoms with Crippen molar-refractivity contribution in [2.45, 2.75) is 18.4 Å². The Morgan fingerprint density at radius 1 is 0.952 bits per heavy atom. The van der Waals surface area contributed by atoms with Gasteiger partial charge in [-0.3, -0.25) is 0 Å². The molecule has 1 aliphatic heterocycles. The molecule has 2 N–H and O–H groups in total. The first-order valence-corrected chi connectivity index (χ1v) is 5.92. The molecule has 2 nitrogen and oxygen atoms in total. The largest absolute Gasteiger partial charge is 0.416 e. The van der Waals surface area contributed by atoms with Crippen LogP contribution in [0.3, 0.4) is 0 Å². The highest BCUT2D eigenvalue weighted by molar-refractivity contribution is 5.85. The predicted octanol–water partition coefficient (Wildman–Crippen LogP) is 3.38. The number of hydrogen-bond acceptors (Lipinski definition) is 2.